The van der Waals surface area contributed by atoms with Gasteiger partial charge in [-0.05, 0) is 26.3 Å². The Morgan fingerprint density at radius 3 is 2.08 bits per heavy atom. The normalized spacial score (nSPS) is 27.2. The molecule has 0 radical (unpaired) electrons. The van der Waals surface area contributed by atoms with E-state index in [1.807, 2.05) is 0 Å². The number of aryl methyl sites for hydroxylation is 2. The largest absolute Gasteiger partial charge is 0.365 e. The highest BCUT2D eigenvalue weighted by molar-refractivity contribution is 5.34. The zero-order chi connectivity index (χ0) is 8.77. The minimum absolute atomic E-state index is 0.0246. The first-order chi connectivity index (χ1) is 5.60. The molecule has 1 saturated heterocycles. The molecule has 1 heterocycles. The van der Waals surface area contributed by atoms with Crippen LogP contribution in [0.2, 0.25) is 0 Å². The average molecular weight is 162 g/mol. The third kappa shape index (κ3) is 1.25. The molecule has 0 bridgehead atoms. The first-order valence-electron chi connectivity index (χ1n) is 4.33. The maximum atomic E-state index is 5.39. The summed E-state index contributed by atoms with van der Waals surface area (Å²) in [5, 5.41) is 0. The van der Waals surface area contributed by atoms with Crippen molar-refractivity contribution in [1.29, 1.82) is 0 Å². The molecule has 64 valence electrons. The van der Waals surface area contributed by atoms with Gasteiger partial charge in [-0.3, -0.25) is 0 Å². The summed E-state index contributed by atoms with van der Waals surface area (Å²) in [6.07, 6.45) is 0. The van der Waals surface area contributed by atoms with Crippen molar-refractivity contribution < 1.29 is 4.74 Å². The van der Waals surface area contributed by atoms with Crippen LogP contribution in [0.4, 0.5) is 0 Å². The van der Waals surface area contributed by atoms with Gasteiger partial charge in [-0.2, -0.15) is 0 Å². The molecule has 1 atom stereocenters. The number of epoxide rings is 1. The van der Waals surface area contributed by atoms with E-state index in [1.54, 1.807) is 0 Å². The Hall–Kier alpha value is -0.820. The molecule has 0 saturated carbocycles. The smallest absolute Gasteiger partial charge is 0.114 e. The molecule has 1 aliphatic heterocycles. The van der Waals surface area contributed by atoms with Gasteiger partial charge in [0.15, 0.2) is 0 Å². The van der Waals surface area contributed by atoms with Gasteiger partial charge in [0.05, 0.1) is 6.61 Å². The number of rotatable bonds is 1. The molecule has 1 fully saturated rings. The van der Waals surface area contributed by atoms with Gasteiger partial charge in [0, 0.05) is 0 Å². The number of hydrogen-bond donors (Lipinski definition) is 0. The summed E-state index contributed by atoms with van der Waals surface area (Å²) >= 11 is 0. The quantitative estimate of drug-likeness (QED) is 0.578. The average Bonchev–Trinajstić information content (AvgIpc) is 2.67. The lowest BCUT2D eigenvalue weighted by molar-refractivity contribution is 0.329. The summed E-state index contributed by atoms with van der Waals surface area (Å²) in [5.74, 6) is 0. The van der Waals surface area contributed by atoms with Crippen molar-refractivity contribution in [2.45, 2.75) is 26.4 Å². The van der Waals surface area contributed by atoms with Gasteiger partial charge in [0.2, 0.25) is 0 Å². The Morgan fingerprint density at radius 2 is 1.67 bits per heavy atom. The molecular weight excluding hydrogens is 148 g/mol. The highest BCUT2D eigenvalue weighted by Gasteiger charge is 2.41. The molecule has 1 nitrogen and oxygen atoms in total. The van der Waals surface area contributed by atoms with Crippen molar-refractivity contribution in [3.8, 4) is 0 Å². The van der Waals surface area contributed by atoms with Gasteiger partial charge in [-0.15, -0.1) is 0 Å². The summed E-state index contributed by atoms with van der Waals surface area (Å²) in [5.41, 5.74) is 3.99. The van der Waals surface area contributed by atoms with Gasteiger partial charge in [-0.25, -0.2) is 0 Å². The van der Waals surface area contributed by atoms with Crippen molar-refractivity contribution in [2.75, 3.05) is 6.61 Å². The molecule has 12 heavy (non-hydrogen) atoms. The van der Waals surface area contributed by atoms with Gasteiger partial charge in [-0.1, -0.05) is 29.3 Å². The van der Waals surface area contributed by atoms with Gasteiger partial charge in [0.1, 0.15) is 5.60 Å². The maximum Gasteiger partial charge on any atom is 0.114 e. The first kappa shape index (κ1) is 7.81. The van der Waals surface area contributed by atoms with Gasteiger partial charge >= 0.3 is 0 Å². The molecule has 0 spiro atoms. The fourth-order valence-electron chi connectivity index (χ4n) is 1.55. The highest BCUT2D eigenvalue weighted by Crippen LogP contribution is 2.38. The maximum absolute atomic E-state index is 5.39. The van der Waals surface area contributed by atoms with Crippen molar-refractivity contribution in [1.82, 2.24) is 0 Å². The van der Waals surface area contributed by atoms with Gasteiger partial charge in [0.25, 0.3) is 0 Å². The van der Waals surface area contributed by atoms with E-state index in [4.69, 9.17) is 4.74 Å². The molecule has 0 amide bonds. The fourth-order valence-corrected chi connectivity index (χ4v) is 1.55. The van der Waals surface area contributed by atoms with E-state index in [-0.39, 0.29) is 5.60 Å². The lowest BCUT2D eigenvalue weighted by Crippen LogP contribution is -2.02. The third-order valence-corrected chi connectivity index (χ3v) is 2.41. The molecule has 1 aromatic carbocycles. The lowest BCUT2D eigenvalue weighted by Gasteiger charge is -2.07. The van der Waals surface area contributed by atoms with Crippen LogP contribution in [0.1, 0.15) is 23.6 Å². The third-order valence-electron chi connectivity index (χ3n) is 2.41. The molecule has 0 N–H and O–H groups in total. The van der Waals surface area contributed by atoms with E-state index in [0.717, 1.165) is 6.61 Å². The fraction of sp³-hybridized carbons (Fsp3) is 0.455. The Bertz CT molecular complexity index is 291. The van der Waals surface area contributed by atoms with Crippen molar-refractivity contribution in [3.63, 3.8) is 0 Å². The summed E-state index contributed by atoms with van der Waals surface area (Å²) < 4.78 is 5.39. The Kier molecular flexibility index (Phi) is 1.52. The van der Waals surface area contributed by atoms with Crippen LogP contribution in [0.5, 0.6) is 0 Å². The minimum atomic E-state index is 0.0246. The summed E-state index contributed by atoms with van der Waals surface area (Å²) in [6, 6.07) is 6.61. The van der Waals surface area contributed by atoms with Crippen LogP contribution >= 0.6 is 0 Å². The van der Waals surface area contributed by atoms with E-state index in [2.05, 4.69) is 39.0 Å². The first-order valence-corrected chi connectivity index (χ1v) is 4.33. The van der Waals surface area contributed by atoms with Crippen LogP contribution in [0, 0.1) is 13.8 Å². The molecule has 1 aromatic rings. The topological polar surface area (TPSA) is 12.5 Å². The Morgan fingerprint density at radius 1 is 1.17 bits per heavy atom. The summed E-state index contributed by atoms with van der Waals surface area (Å²) in [7, 11) is 0. The second-order valence-corrected chi connectivity index (χ2v) is 3.90. The van der Waals surface area contributed by atoms with Gasteiger partial charge < -0.3 is 4.74 Å². The molecule has 2 rings (SSSR count). The van der Waals surface area contributed by atoms with Crippen LogP contribution in [0.25, 0.3) is 0 Å². The number of hydrogen-bond acceptors (Lipinski definition) is 1. The number of ether oxygens (including phenoxy) is 1. The molecular formula is C11H14O. The second-order valence-electron chi connectivity index (χ2n) is 3.90. The van der Waals surface area contributed by atoms with Crippen LogP contribution in [0.3, 0.4) is 0 Å². The van der Waals surface area contributed by atoms with E-state index in [0.29, 0.717) is 0 Å². The Labute approximate surface area is 73.4 Å². The zero-order valence-corrected chi connectivity index (χ0v) is 7.85. The van der Waals surface area contributed by atoms with Crippen LogP contribution in [-0.2, 0) is 10.3 Å². The van der Waals surface area contributed by atoms with Crippen LogP contribution in [-0.4, -0.2) is 6.61 Å². The standard InChI is InChI=1S/C11H14O/c1-8-4-9(2)6-10(5-8)11(3)7-12-11/h4-6H,7H2,1-3H3. The monoisotopic (exact) mass is 162 g/mol. The molecule has 0 aliphatic carbocycles. The predicted molar refractivity (Wildman–Crippen MR) is 49.2 cm³/mol. The minimum Gasteiger partial charge on any atom is -0.365 e. The highest BCUT2D eigenvalue weighted by atomic mass is 16.6. The van der Waals surface area contributed by atoms with Crippen LogP contribution in [0.15, 0.2) is 18.2 Å². The number of benzene rings is 1. The van der Waals surface area contributed by atoms with Crippen molar-refractivity contribution in [2.24, 2.45) is 0 Å². The molecule has 0 aromatic heterocycles. The molecule has 1 aliphatic rings. The summed E-state index contributed by atoms with van der Waals surface area (Å²) in [6.45, 7) is 7.27. The molecule has 1 unspecified atom stereocenters. The van der Waals surface area contributed by atoms with E-state index in [9.17, 15) is 0 Å². The predicted octanol–water partition coefficient (Wildman–Crippen LogP) is 2.55. The lowest BCUT2D eigenvalue weighted by atomic mass is 9.98. The van der Waals surface area contributed by atoms with E-state index in [1.165, 1.54) is 16.7 Å². The SMILES string of the molecule is Cc1cc(C)cc(C2(C)CO2)c1. The zero-order valence-electron chi connectivity index (χ0n) is 7.85. The van der Waals surface area contributed by atoms with E-state index >= 15 is 0 Å². The van der Waals surface area contributed by atoms with Crippen LogP contribution < -0.4 is 0 Å². The second kappa shape index (κ2) is 2.33. The van der Waals surface area contributed by atoms with E-state index < -0.39 is 0 Å². The molecule has 1 heteroatoms. The Balaban J connectivity index is 2.44. The van der Waals surface area contributed by atoms with Crippen molar-refractivity contribution >= 4 is 0 Å². The summed E-state index contributed by atoms with van der Waals surface area (Å²) in [4.78, 5) is 0. The van der Waals surface area contributed by atoms with Crippen molar-refractivity contribution in [3.05, 3.63) is 34.9 Å².